The molecule has 0 bridgehead atoms. The number of fused-ring (bicyclic) bond motifs is 1. The van der Waals surface area contributed by atoms with Crippen LogP contribution >= 0.6 is 0 Å². The van der Waals surface area contributed by atoms with E-state index in [1.54, 1.807) is 20.2 Å². The van der Waals surface area contributed by atoms with Gasteiger partial charge < -0.3 is 26.0 Å². The number of nitrogens with zero attached hydrogens (tertiary/aromatic N) is 4. The van der Waals surface area contributed by atoms with Gasteiger partial charge in [-0.15, -0.1) is 0 Å². The van der Waals surface area contributed by atoms with Gasteiger partial charge in [-0.1, -0.05) is 42.5 Å². The molecule has 172 valence electrons. The van der Waals surface area contributed by atoms with Gasteiger partial charge in [-0.3, -0.25) is 0 Å². The molecule has 1 unspecified atom stereocenters. The van der Waals surface area contributed by atoms with Crippen molar-refractivity contribution >= 4 is 28.6 Å². The number of aromatic nitrogens is 4. The van der Waals surface area contributed by atoms with E-state index in [2.05, 4.69) is 32.7 Å². The van der Waals surface area contributed by atoms with Crippen LogP contribution in [0.25, 0.3) is 11.2 Å². The Balaban J connectivity index is 1.70. The molecule has 1 atom stereocenters. The predicted molar refractivity (Wildman–Crippen MR) is 133 cm³/mol. The SMILES string of the molecule is Cc1ccc(CNc2nc(NC(C)C(C)(C)O)nc3c2ncn3Cc2ccccc2)c(N)c1. The van der Waals surface area contributed by atoms with Crippen LogP contribution in [0.4, 0.5) is 17.5 Å². The largest absolute Gasteiger partial charge is 0.398 e. The number of imidazole rings is 1. The van der Waals surface area contributed by atoms with Crippen LogP contribution < -0.4 is 16.4 Å². The first kappa shape index (κ1) is 22.5. The highest BCUT2D eigenvalue weighted by Crippen LogP contribution is 2.24. The number of hydrogen-bond acceptors (Lipinski definition) is 7. The van der Waals surface area contributed by atoms with E-state index in [9.17, 15) is 5.11 Å². The van der Waals surface area contributed by atoms with Crippen LogP contribution in [0.1, 0.15) is 37.5 Å². The topological polar surface area (TPSA) is 114 Å². The third kappa shape index (κ3) is 5.23. The molecule has 2 heterocycles. The van der Waals surface area contributed by atoms with E-state index in [1.807, 2.05) is 54.8 Å². The Morgan fingerprint density at radius 1 is 1.12 bits per heavy atom. The maximum atomic E-state index is 10.4. The van der Waals surface area contributed by atoms with Crippen molar-refractivity contribution < 1.29 is 5.11 Å². The lowest BCUT2D eigenvalue weighted by Gasteiger charge is -2.26. The number of aliphatic hydroxyl groups is 1. The van der Waals surface area contributed by atoms with Gasteiger partial charge in [0, 0.05) is 12.2 Å². The first-order valence-corrected chi connectivity index (χ1v) is 11.1. The molecule has 0 aliphatic carbocycles. The zero-order valence-electron chi connectivity index (χ0n) is 19.5. The number of nitrogen functional groups attached to an aromatic ring is 1. The number of hydrogen-bond donors (Lipinski definition) is 4. The Hall–Kier alpha value is -3.65. The van der Waals surface area contributed by atoms with E-state index in [4.69, 9.17) is 10.7 Å². The summed E-state index contributed by atoms with van der Waals surface area (Å²) in [5.41, 5.74) is 10.6. The number of benzene rings is 2. The Bertz CT molecular complexity index is 1250. The molecule has 2 aromatic heterocycles. The van der Waals surface area contributed by atoms with Crippen molar-refractivity contribution in [2.24, 2.45) is 0 Å². The molecule has 0 saturated heterocycles. The van der Waals surface area contributed by atoms with E-state index in [1.165, 1.54) is 0 Å². The average molecular weight is 446 g/mol. The molecular formula is C25H31N7O. The van der Waals surface area contributed by atoms with Crippen LogP contribution in [0, 0.1) is 6.92 Å². The van der Waals surface area contributed by atoms with Crippen LogP contribution in [-0.4, -0.2) is 36.3 Å². The lowest BCUT2D eigenvalue weighted by atomic mass is 10.0. The number of rotatable bonds is 8. The summed E-state index contributed by atoms with van der Waals surface area (Å²) in [4.78, 5) is 14.0. The summed E-state index contributed by atoms with van der Waals surface area (Å²) in [5, 5.41) is 17.0. The quantitative estimate of drug-likeness (QED) is 0.304. The van der Waals surface area contributed by atoms with Crippen molar-refractivity contribution in [3.8, 4) is 0 Å². The first-order valence-electron chi connectivity index (χ1n) is 11.1. The summed E-state index contributed by atoms with van der Waals surface area (Å²) in [5.74, 6) is 1.03. The van der Waals surface area contributed by atoms with Crippen molar-refractivity contribution in [2.45, 2.75) is 52.4 Å². The van der Waals surface area contributed by atoms with Gasteiger partial charge in [-0.05, 0) is 50.5 Å². The molecule has 0 aliphatic rings. The normalized spacial score (nSPS) is 12.6. The fourth-order valence-electron chi connectivity index (χ4n) is 3.45. The van der Waals surface area contributed by atoms with E-state index in [-0.39, 0.29) is 6.04 Å². The van der Waals surface area contributed by atoms with Gasteiger partial charge in [-0.25, -0.2) is 4.98 Å². The summed E-state index contributed by atoms with van der Waals surface area (Å²) in [6.07, 6.45) is 1.78. The second kappa shape index (κ2) is 9.07. The average Bonchev–Trinajstić information content (AvgIpc) is 3.16. The molecular weight excluding hydrogens is 414 g/mol. The third-order valence-corrected chi connectivity index (χ3v) is 5.81. The lowest BCUT2D eigenvalue weighted by Crippen LogP contribution is -2.39. The molecule has 8 nitrogen and oxygen atoms in total. The molecule has 5 N–H and O–H groups in total. The molecule has 0 amide bonds. The van der Waals surface area contributed by atoms with Gasteiger partial charge in [0.05, 0.1) is 24.5 Å². The maximum Gasteiger partial charge on any atom is 0.227 e. The Morgan fingerprint density at radius 3 is 2.58 bits per heavy atom. The van der Waals surface area contributed by atoms with Gasteiger partial charge in [0.25, 0.3) is 0 Å². The van der Waals surface area contributed by atoms with Gasteiger partial charge in [0.1, 0.15) is 0 Å². The monoisotopic (exact) mass is 445 g/mol. The zero-order valence-corrected chi connectivity index (χ0v) is 19.5. The molecule has 0 saturated carbocycles. The van der Waals surface area contributed by atoms with E-state index >= 15 is 0 Å². The van der Waals surface area contributed by atoms with Crippen LogP contribution in [-0.2, 0) is 13.1 Å². The Kier molecular flexibility index (Phi) is 6.20. The predicted octanol–water partition coefficient (Wildman–Crippen LogP) is 3.95. The second-order valence-corrected chi connectivity index (χ2v) is 9.00. The van der Waals surface area contributed by atoms with Crippen molar-refractivity contribution in [1.82, 2.24) is 19.5 Å². The lowest BCUT2D eigenvalue weighted by molar-refractivity contribution is 0.0646. The number of anilines is 3. The molecule has 0 spiro atoms. The van der Waals surface area contributed by atoms with Crippen molar-refractivity contribution in [3.63, 3.8) is 0 Å². The van der Waals surface area contributed by atoms with E-state index in [0.717, 1.165) is 22.4 Å². The standard InChI is InChI=1S/C25H31N7O/c1-16-10-11-19(20(26)12-16)13-27-22-21-23(31-24(30-22)29-17(2)25(3,4)33)32(15-28-21)14-18-8-6-5-7-9-18/h5-12,15,17,33H,13-14,26H2,1-4H3,(H2,27,29,30,31). The van der Waals surface area contributed by atoms with E-state index in [0.29, 0.717) is 36.0 Å². The van der Waals surface area contributed by atoms with Gasteiger partial charge in [-0.2, -0.15) is 9.97 Å². The molecule has 0 radical (unpaired) electrons. The number of aryl methyl sites for hydroxylation is 1. The van der Waals surface area contributed by atoms with Crippen LogP contribution in [0.15, 0.2) is 54.9 Å². The minimum absolute atomic E-state index is 0.263. The molecule has 8 heteroatoms. The van der Waals surface area contributed by atoms with E-state index < -0.39 is 5.60 Å². The highest BCUT2D eigenvalue weighted by Gasteiger charge is 2.24. The van der Waals surface area contributed by atoms with Crippen molar-refractivity contribution in [2.75, 3.05) is 16.4 Å². The van der Waals surface area contributed by atoms with Crippen LogP contribution in [0.2, 0.25) is 0 Å². The van der Waals surface area contributed by atoms with Gasteiger partial charge in [0.2, 0.25) is 5.95 Å². The summed E-state index contributed by atoms with van der Waals surface area (Å²) < 4.78 is 2.00. The number of nitrogens with one attached hydrogen (secondary N) is 2. The molecule has 0 aliphatic heterocycles. The Morgan fingerprint density at radius 2 is 1.88 bits per heavy atom. The molecule has 33 heavy (non-hydrogen) atoms. The molecule has 4 rings (SSSR count). The van der Waals surface area contributed by atoms with Gasteiger partial charge >= 0.3 is 0 Å². The fourth-order valence-corrected chi connectivity index (χ4v) is 3.45. The molecule has 2 aromatic carbocycles. The first-order chi connectivity index (χ1) is 15.7. The molecule has 0 fully saturated rings. The number of nitrogens with two attached hydrogens (primary N) is 1. The summed E-state index contributed by atoms with van der Waals surface area (Å²) in [7, 11) is 0. The maximum absolute atomic E-state index is 10.4. The summed E-state index contributed by atoms with van der Waals surface area (Å²) in [6.45, 7) is 8.56. The highest BCUT2D eigenvalue weighted by atomic mass is 16.3. The van der Waals surface area contributed by atoms with Crippen molar-refractivity contribution in [3.05, 3.63) is 71.5 Å². The van der Waals surface area contributed by atoms with Crippen LogP contribution in [0.3, 0.4) is 0 Å². The minimum atomic E-state index is -0.938. The third-order valence-electron chi connectivity index (χ3n) is 5.81. The zero-order chi connectivity index (χ0) is 23.6. The summed E-state index contributed by atoms with van der Waals surface area (Å²) in [6, 6.07) is 15.9. The minimum Gasteiger partial charge on any atom is -0.398 e. The van der Waals surface area contributed by atoms with Crippen LogP contribution in [0.5, 0.6) is 0 Å². The van der Waals surface area contributed by atoms with Gasteiger partial charge in [0.15, 0.2) is 17.0 Å². The highest BCUT2D eigenvalue weighted by molar-refractivity contribution is 5.84. The molecule has 4 aromatic rings. The van der Waals surface area contributed by atoms with Crippen molar-refractivity contribution in [1.29, 1.82) is 0 Å². The Labute approximate surface area is 193 Å². The second-order valence-electron chi connectivity index (χ2n) is 9.00. The fraction of sp³-hybridized carbons (Fsp3) is 0.320. The summed E-state index contributed by atoms with van der Waals surface area (Å²) >= 11 is 0. The smallest absolute Gasteiger partial charge is 0.227 e.